The number of carbonyl (C=O) groups excluding carboxylic acids is 1. The minimum absolute atomic E-state index is 0.140. The van der Waals surface area contributed by atoms with Gasteiger partial charge in [0.1, 0.15) is 12.3 Å². The molecule has 2 fully saturated rings. The van der Waals surface area contributed by atoms with Gasteiger partial charge in [-0.3, -0.25) is 9.48 Å². The van der Waals surface area contributed by atoms with E-state index in [4.69, 9.17) is 4.74 Å². The Kier molecular flexibility index (Phi) is 4.96. The van der Waals surface area contributed by atoms with Crippen molar-refractivity contribution in [2.75, 3.05) is 6.61 Å². The fourth-order valence-corrected chi connectivity index (χ4v) is 3.35. The summed E-state index contributed by atoms with van der Waals surface area (Å²) in [7, 11) is 0. The minimum atomic E-state index is 0.140. The third kappa shape index (κ3) is 4.26. The number of hydrogen-bond donors (Lipinski definition) is 0. The fourth-order valence-electron chi connectivity index (χ4n) is 3.35. The summed E-state index contributed by atoms with van der Waals surface area (Å²) in [5, 5.41) is 4.33. The molecule has 1 aromatic carbocycles. The third-order valence-corrected chi connectivity index (χ3v) is 5.37. The van der Waals surface area contributed by atoms with Crippen LogP contribution in [0.3, 0.4) is 0 Å². The van der Waals surface area contributed by atoms with Crippen LogP contribution in [0, 0.1) is 12.8 Å². The monoisotopic (exact) mass is 353 g/mol. The van der Waals surface area contributed by atoms with Crippen LogP contribution in [-0.2, 0) is 17.9 Å². The van der Waals surface area contributed by atoms with Gasteiger partial charge in [-0.15, -0.1) is 0 Å². The summed E-state index contributed by atoms with van der Waals surface area (Å²) in [6, 6.07) is 10.5. The third-order valence-electron chi connectivity index (χ3n) is 5.37. The van der Waals surface area contributed by atoms with Crippen molar-refractivity contribution in [3.05, 3.63) is 47.8 Å². The van der Waals surface area contributed by atoms with Crippen molar-refractivity contribution in [1.82, 2.24) is 14.7 Å². The second-order valence-corrected chi connectivity index (χ2v) is 7.66. The predicted octanol–water partition coefficient (Wildman–Crippen LogP) is 3.56. The molecule has 1 heterocycles. The van der Waals surface area contributed by atoms with Gasteiger partial charge >= 0.3 is 0 Å². The predicted molar refractivity (Wildman–Crippen MR) is 99.8 cm³/mol. The summed E-state index contributed by atoms with van der Waals surface area (Å²) < 4.78 is 7.59. The highest BCUT2D eigenvalue weighted by molar-refractivity contribution is 5.76. The van der Waals surface area contributed by atoms with Gasteiger partial charge in [0, 0.05) is 18.8 Å². The SMILES string of the molecule is Cc1ccn(CC(=O)N(Cc2ccc(OCC3CCC3)cc2)C2CC2)n1. The normalized spacial score (nSPS) is 17.0. The van der Waals surface area contributed by atoms with Crippen molar-refractivity contribution in [3.8, 4) is 5.75 Å². The van der Waals surface area contributed by atoms with E-state index in [1.54, 1.807) is 4.68 Å². The van der Waals surface area contributed by atoms with Crippen LogP contribution in [0.25, 0.3) is 0 Å². The maximum Gasteiger partial charge on any atom is 0.244 e. The van der Waals surface area contributed by atoms with Crippen molar-refractivity contribution < 1.29 is 9.53 Å². The zero-order valence-corrected chi connectivity index (χ0v) is 15.4. The van der Waals surface area contributed by atoms with E-state index in [2.05, 4.69) is 17.2 Å². The Bertz CT molecular complexity index is 745. The molecule has 2 aliphatic rings. The van der Waals surface area contributed by atoms with Gasteiger partial charge < -0.3 is 9.64 Å². The minimum Gasteiger partial charge on any atom is -0.493 e. The van der Waals surface area contributed by atoms with Crippen LogP contribution in [0.4, 0.5) is 0 Å². The number of rotatable bonds is 8. The molecule has 0 bridgehead atoms. The number of ether oxygens (including phenoxy) is 1. The van der Waals surface area contributed by atoms with E-state index in [0.717, 1.165) is 42.4 Å². The Hall–Kier alpha value is -2.30. The Morgan fingerprint density at radius 3 is 2.54 bits per heavy atom. The Balaban J connectivity index is 1.34. The molecule has 0 N–H and O–H groups in total. The maximum atomic E-state index is 12.7. The van der Waals surface area contributed by atoms with Crippen molar-refractivity contribution in [2.24, 2.45) is 5.92 Å². The highest BCUT2D eigenvalue weighted by Crippen LogP contribution is 2.30. The van der Waals surface area contributed by atoms with Gasteiger partial charge in [-0.05, 0) is 62.3 Å². The molecule has 1 aromatic heterocycles. The number of carbonyl (C=O) groups is 1. The second kappa shape index (κ2) is 7.52. The van der Waals surface area contributed by atoms with Crippen molar-refractivity contribution >= 4 is 5.91 Å². The van der Waals surface area contributed by atoms with Gasteiger partial charge in [-0.1, -0.05) is 18.6 Å². The molecule has 2 aliphatic carbocycles. The van der Waals surface area contributed by atoms with Crippen LogP contribution in [0.1, 0.15) is 43.4 Å². The molecule has 0 atom stereocenters. The zero-order valence-electron chi connectivity index (χ0n) is 15.4. The Morgan fingerprint density at radius 1 is 1.19 bits per heavy atom. The highest BCUT2D eigenvalue weighted by atomic mass is 16.5. The molecule has 5 heteroatoms. The molecule has 1 amide bonds. The first-order chi connectivity index (χ1) is 12.7. The zero-order chi connectivity index (χ0) is 17.9. The van der Waals surface area contributed by atoms with Gasteiger partial charge in [0.15, 0.2) is 0 Å². The lowest BCUT2D eigenvalue weighted by Crippen LogP contribution is -2.35. The number of hydrogen-bond acceptors (Lipinski definition) is 3. The molecule has 0 aliphatic heterocycles. The summed E-state index contributed by atoms with van der Waals surface area (Å²) in [6.07, 6.45) is 8.01. The molecule has 0 unspecified atom stereocenters. The van der Waals surface area contributed by atoms with Crippen molar-refractivity contribution in [1.29, 1.82) is 0 Å². The molecule has 4 rings (SSSR count). The summed E-state index contributed by atoms with van der Waals surface area (Å²) >= 11 is 0. The van der Waals surface area contributed by atoms with Crippen LogP contribution in [0.15, 0.2) is 36.5 Å². The van der Waals surface area contributed by atoms with Crippen LogP contribution in [0.2, 0.25) is 0 Å². The number of benzene rings is 1. The Labute approximate surface area is 154 Å². The maximum absolute atomic E-state index is 12.7. The number of nitrogens with zero attached hydrogens (tertiary/aromatic N) is 3. The van der Waals surface area contributed by atoms with Gasteiger partial charge in [0.25, 0.3) is 0 Å². The lowest BCUT2D eigenvalue weighted by Gasteiger charge is -2.25. The van der Waals surface area contributed by atoms with Crippen molar-refractivity contribution in [2.45, 2.75) is 58.2 Å². The number of aromatic nitrogens is 2. The second-order valence-electron chi connectivity index (χ2n) is 7.66. The Morgan fingerprint density at radius 2 is 1.96 bits per heavy atom. The summed E-state index contributed by atoms with van der Waals surface area (Å²) in [4.78, 5) is 14.7. The standard InChI is InChI=1S/C21H27N3O2/c1-16-11-12-23(22-16)14-21(25)24(19-7-8-19)13-17-5-9-20(10-6-17)26-15-18-3-2-4-18/h5-6,9-12,18-19H,2-4,7-8,13-15H2,1H3. The van der Waals surface area contributed by atoms with Gasteiger partial charge in [0.2, 0.25) is 5.91 Å². The van der Waals surface area contributed by atoms with E-state index in [1.165, 1.54) is 19.3 Å². The van der Waals surface area contributed by atoms with E-state index in [0.29, 0.717) is 19.1 Å². The van der Waals surface area contributed by atoms with E-state index < -0.39 is 0 Å². The molecule has 0 spiro atoms. The lowest BCUT2D eigenvalue weighted by molar-refractivity contribution is -0.133. The molecule has 2 aromatic rings. The molecule has 138 valence electrons. The summed E-state index contributed by atoms with van der Waals surface area (Å²) in [5.74, 6) is 1.81. The van der Waals surface area contributed by atoms with E-state index in [-0.39, 0.29) is 5.91 Å². The van der Waals surface area contributed by atoms with Gasteiger partial charge in [0.05, 0.1) is 12.3 Å². The van der Waals surface area contributed by atoms with E-state index in [9.17, 15) is 4.79 Å². The number of amides is 1. The first-order valence-corrected chi connectivity index (χ1v) is 9.68. The highest BCUT2D eigenvalue weighted by Gasteiger charge is 2.32. The van der Waals surface area contributed by atoms with Crippen LogP contribution in [0.5, 0.6) is 5.75 Å². The van der Waals surface area contributed by atoms with Crippen LogP contribution >= 0.6 is 0 Å². The fraction of sp³-hybridized carbons (Fsp3) is 0.524. The molecule has 0 saturated heterocycles. The van der Waals surface area contributed by atoms with Gasteiger partial charge in [-0.2, -0.15) is 5.10 Å². The molecule has 5 nitrogen and oxygen atoms in total. The average Bonchev–Trinajstić information content (AvgIpc) is 3.35. The summed E-state index contributed by atoms with van der Waals surface area (Å²) in [6.45, 7) is 3.74. The van der Waals surface area contributed by atoms with Gasteiger partial charge in [-0.25, -0.2) is 0 Å². The lowest BCUT2D eigenvalue weighted by atomic mass is 9.86. The smallest absolute Gasteiger partial charge is 0.244 e. The molecule has 26 heavy (non-hydrogen) atoms. The van der Waals surface area contributed by atoms with E-state index >= 15 is 0 Å². The summed E-state index contributed by atoms with van der Waals surface area (Å²) in [5.41, 5.74) is 2.09. The first-order valence-electron chi connectivity index (χ1n) is 9.68. The number of aryl methyl sites for hydroxylation is 1. The molecular formula is C21H27N3O2. The van der Waals surface area contributed by atoms with Crippen molar-refractivity contribution in [3.63, 3.8) is 0 Å². The quantitative estimate of drug-likeness (QED) is 0.729. The van der Waals surface area contributed by atoms with Crippen LogP contribution < -0.4 is 4.74 Å². The molecular weight excluding hydrogens is 326 g/mol. The topological polar surface area (TPSA) is 47.4 Å². The molecule has 2 saturated carbocycles. The van der Waals surface area contributed by atoms with Crippen LogP contribution in [-0.4, -0.2) is 33.2 Å². The average molecular weight is 353 g/mol. The first kappa shape index (κ1) is 17.1. The van der Waals surface area contributed by atoms with E-state index in [1.807, 2.05) is 36.2 Å². The largest absolute Gasteiger partial charge is 0.493 e. The molecule has 0 radical (unpaired) electrons.